The number of aromatic nitrogens is 2. The number of hydrogen-bond donors (Lipinski definition) is 4. The third kappa shape index (κ3) is 7.38. The molecule has 3 aliphatic rings. The number of carbonyl (C=O) groups is 2. The predicted octanol–water partition coefficient (Wildman–Crippen LogP) is 1.17. The Bertz CT molecular complexity index is 1330. The molecule has 13 heteroatoms. The molecule has 12 nitrogen and oxygen atoms in total. The molecule has 0 bridgehead atoms. The van der Waals surface area contributed by atoms with Gasteiger partial charge in [-0.1, -0.05) is 12.1 Å². The zero-order valence-electron chi connectivity index (χ0n) is 25.1. The lowest BCUT2D eigenvalue weighted by Gasteiger charge is -2.52. The number of piperidine rings is 1. The van der Waals surface area contributed by atoms with E-state index in [1.165, 1.54) is 42.7 Å². The summed E-state index contributed by atoms with van der Waals surface area (Å²) >= 11 is 0. The molecule has 236 valence electrons. The number of urea groups is 1. The number of nitrogens with zero attached hydrogens (tertiary/aromatic N) is 5. The van der Waals surface area contributed by atoms with Crippen molar-refractivity contribution in [3.63, 3.8) is 0 Å². The summed E-state index contributed by atoms with van der Waals surface area (Å²) < 4.78 is 1.45. The monoisotopic (exact) mass is 616 g/mol. The Morgan fingerprint density at radius 3 is 2.23 bits per heavy atom. The molecule has 1 saturated carbocycles. The zero-order valence-corrected chi connectivity index (χ0v) is 25.9. The molecule has 1 spiro atoms. The van der Waals surface area contributed by atoms with Gasteiger partial charge in [-0.25, -0.2) is 9.59 Å². The highest BCUT2D eigenvalue weighted by Crippen LogP contribution is 2.48. The standard InChI is InChI=1S/C30H44N8O4.ClH/c1-21(35-11-8-30(9-12-35)18-23(31)19-30)17-22-3-5-24(6-4-22)38-10-7-25(34-28(38)42)33-27(41)37-15-13-36(14-16-37)26(40)29(2,32)20-39;/h3-7,10,21,23,39H,8-9,11-20,31-32H2,1-2H3,(H,33,34,41,42);1H/t21?,29-;/m0./s1. The van der Waals surface area contributed by atoms with E-state index in [1.54, 1.807) is 22.1 Å². The van der Waals surface area contributed by atoms with E-state index in [2.05, 4.69) is 34.3 Å². The molecule has 2 aromatic rings. The number of aliphatic hydroxyl groups excluding tert-OH is 1. The molecule has 3 amide bonds. The SMILES string of the molecule is CC(Cc1ccc(-n2ccc(NC(=O)N3CCN(C(=O)[C@@](C)(N)CO)CC3)nc2=O)cc1)N1CCC2(CC1)CC(N)C2.Cl. The number of hydrogen-bond acceptors (Lipinski definition) is 8. The Kier molecular flexibility index (Phi) is 10.2. The van der Waals surface area contributed by atoms with E-state index in [4.69, 9.17) is 11.5 Å². The summed E-state index contributed by atoms with van der Waals surface area (Å²) in [7, 11) is 0. The van der Waals surface area contributed by atoms with Crippen LogP contribution in [0.1, 0.15) is 45.1 Å². The van der Waals surface area contributed by atoms with Gasteiger partial charge >= 0.3 is 11.7 Å². The molecular weight excluding hydrogens is 572 g/mol. The second kappa shape index (κ2) is 13.3. The molecule has 1 aromatic carbocycles. The molecule has 1 unspecified atom stereocenters. The molecule has 2 atom stereocenters. The van der Waals surface area contributed by atoms with Crippen LogP contribution < -0.4 is 22.5 Å². The minimum atomic E-state index is -1.35. The fourth-order valence-corrected chi connectivity index (χ4v) is 6.56. The number of nitrogens with one attached hydrogen (secondary N) is 1. The van der Waals surface area contributed by atoms with Crippen molar-refractivity contribution in [1.29, 1.82) is 0 Å². The van der Waals surface area contributed by atoms with Crippen molar-refractivity contribution in [2.24, 2.45) is 16.9 Å². The number of carbonyl (C=O) groups excluding carboxylic acids is 2. The maximum atomic E-state index is 12.8. The van der Waals surface area contributed by atoms with Crippen LogP contribution in [0.3, 0.4) is 0 Å². The molecule has 5 rings (SSSR count). The molecule has 43 heavy (non-hydrogen) atoms. The molecule has 1 aliphatic carbocycles. The molecule has 3 heterocycles. The number of nitrogens with two attached hydrogens (primary N) is 2. The minimum Gasteiger partial charge on any atom is -0.394 e. The van der Waals surface area contributed by atoms with Gasteiger partial charge in [0, 0.05) is 44.5 Å². The van der Waals surface area contributed by atoms with Crippen LogP contribution in [0.15, 0.2) is 41.3 Å². The first kappa shape index (κ1) is 32.9. The fourth-order valence-electron chi connectivity index (χ4n) is 6.56. The highest BCUT2D eigenvalue weighted by atomic mass is 35.5. The first-order valence-electron chi connectivity index (χ1n) is 14.9. The van der Waals surface area contributed by atoms with Gasteiger partial charge in [0.25, 0.3) is 0 Å². The van der Waals surface area contributed by atoms with Crippen LogP contribution >= 0.6 is 12.4 Å². The number of amides is 3. The molecule has 2 aliphatic heterocycles. The third-order valence-electron chi connectivity index (χ3n) is 9.33. The van der Waals surface area contributed by atoms with Gasteiger partial charge in [0.05, 0.1) is 12.3 Å². The summed E-state index contributed by atoms with van der Waals surface area (Å²) in [6.07, 6.45) is 7.40. The van der Waals surface area contributed by atoms with Crippen LogP contribution in [0.5, 0.6) is 0 Å². The molecule has 3 fully saturated rings. The fraction of sp³-hybridized carbons (Fsp3) is 0.600. The molecule has 1 aromatic heterocycles. The Morgan fingerprint density at radius 1 is 1.07 bits per heavy atom. The summed E-state index contributed by atoms with van der Waals surface area (Å²) in [4.78, 5) is 47.7. The highest BCUT2D eigenvalue weighted by Gasteiger charge is 2.44. The van der Waals surface area contributed by atoms with E-state index in [0.717, 1.165) is 19.5 Å². The smallest absolute Gasteiger partial charge is 0.354 e. The van der Waals surface area contributed by atoms with Crippen LogP contribution in [0.4, 0.5) is 10.6 Å². The summed E-state index contributed by atoms with van der Waals surface area (Å²) in [6.45, 7) is 6.77. The lowest BCUT2D eigenvalue weighted by Crippen LogP contribution is -2.60. The van der Waals surface area contributed by atoms with Crippen molar-refractivity contribution in [2.45, 2.75) is 63.6 Å². The number of likely N-dealkylation sites (tertiary alicyclic amines) is 1. The van der Waals surface area contributed by atoms with E-state index >= 15 is 0 Å². The van der Waals surface area contributed by atoms with Gasteiger partial charge in [0.1, 0.15) is 11.4 Å². The average Bonchev–Trinajstić information content (AvgIpc) is 2.97. The number of anilines is 1. The molecular formula is C30H45ClN8O4. The van der Waals surface area contributed by atoms with Gasteiger partial charge in [-0.05, 0) is 88.2 Å². The highest BCUT2D eigenvalue weighted by molar-refractivity contribution is 5.89. The summed E-state index contributed by atoms with van der Waals surface area (Å²) in [5, 5.41) is 12.0. The number of halogens is 1. The number of aliphatic hydroxyl groups is 1. The molecule has 6 N–H and O–H groups in total. The van der Waals surface area contributed by atoms with E-state index < -0.39 is 23.9 Å². The topological polar surface area (TPSA) is 163 Å². The Hall–Kier alpha value is -3.03. The van der Waals surface area contributed by atoms with E-state index in [0.29, 0.717) is 49.4 Å². The van der Waals surface area contributed by atoms with Gasteiger partial charge in [-0.15, -0.1) is 12.4 Å². The number of benzene rings is 1. The van der Waals surface area contributed by atoms with Gasteiger partial charge in [-0.2, -0.15) is 4.98 Å². The van der Waals surface area contributed by atoms with Crippen molar-refractivity contribution >= 4 is 30.2 Å². The normalized spacial score (nSPS) is 21.0. The van der Waals surface area contributed by atoms with Crippen molar-refractivity contribution in [2.75, 3.05) is 51.2 Å². The largest absolute Gasteiger partial charge is 0.394 e. The third-order valence-corrected chi connectivity index (χ3v) is 9.33. The predicted molar refractivity (Wildman–Crippen MR) is 168 cm³/mol. The van der Waals surface area contributed by atoms with E-state index in [-0.39, 0.29) is 24.1 Å². The maximum absolute atomic E-state index is 12.8. The average molecular weight is 617 g/mol. The molecule has 2 saturated heterocycles. The Morgan fingerprint density at radius 2 is 1.67 bits per heavy atom. The van der Waals surface area contributed by atoms with Crippen LogP contribution in [0.2, 0.25) is 0 Å². The lowest BCUT2D eigenvalue weighted by atomic mass is 9.60. The van der Waals surface area contributed by atoms with Crippen LogP contribution in [0, 0.1) is 5.41 Å². The maximum Gasteiger partial charge on any atom is 0.354 e. The molecule has 0 radical (unpaired) electrons. The van der Waals surface area contributed by atoms with Gasteiger partial charge in [0.15, 0.2) is 0 Å². The van der Waals surface area contributed by atoms with Crippen molar-refractivity contribution in [3.05, 3.63) is 52.6 Å². The Labute approximate surface area is 258 Å². The van der Waals surface area contributed by atoms with Crippen LogP contribution in [-0.4, -0.2) is 105 Å². The van der Waals surface area contributed by atoms with Gasteiger partial charge in [0.2, 0.25) is 5.91 Å². The first-order chi connectivity index (χ1) is 20.0. The summed E-state index contributed by atoms with van der Waals surface area (Å²) in [6, 6.07) is 10.0. The second-order valence-corrected chi connectivity index (χ2v) is 12.7. The first-order valence-corrected chi connectivity index (χ1v) is 14.9. The summed E-state index contributed by atoms with van der Waals surface area (Å²) in [5.41, 5.74) is 12.5. The van der Waals surface area contributed by atoms with E-state index in [9.17, 15) is 19.5 Å². The Balaban J connectivity index is 0.00000423. The number of rotatable bonds is 7. The van der Waals surface area contributed by atoms with Crippen molar-refractivity contribution < 1.29 is 14.7 Å². The van der Waals surface area contributed by atoms with Gasteiger partial charge < -0.3 is 31.3 Å². The second-order valence-electron chi connectivity index (χ2n) is 12.7. The van der Waals surface area contributed by atoms with Gasteiger partial charge in [-0.3, -0.25) is 14.7 Å². The van der Waals surface area contributed by atoms with Crippen LogP contribution in [-0.2, 0) is 11.2 Å². The lowest BCUT2D eigenvalue weighted by molar-refractivity contribution is -0.139. The van der Waals surface area contributed by atoms with E-state index in [1.807, 2.05) is 12.1 Å². The number of piperazine rings is 1. The quantitative estimate of drug-likeness (QED) is 0.360. The minimum absolute atomic E-state index is 0. The summed E-state index contributed by atoms with van der Waals surface area (Å²) in [5.74, 6) is -0.195. The van der Waals surface area contributed by atoms with Crippen molar-refractivity contribution in [1.82, 2.24) is 24.3 Å². The zero-order chi connectivity index (χ0) is 30.1. The van der Waals surface area contributed by atoms with Crippen LogP contribution in [0.25, 0.3) is 5.69 Å². The van der Waals surface area contributed by atoms with Crippen molar-refractivity contribution in [3.8, 4) is 5.69 Å².